The van der Waals surface area contributed by atoms with E-state index in [0.717, 1.165) is 22.1 Å². The van der Waals surface area contributed by atoms with Crippen LogP contribution in [0, 0.1) is 0 Å². The topological polar surface area (TPSA) is 47.3 Å². The van der Waals surface area contributed by atoms with Gasteiger partial charge >= 0.3 is 0 Å². The summed E-state index contributed by atoms with van der Waals surface area (Å²) in [6, 6.07) is 23.1. The van der Waals surface area contributed by atoms with Crippen LogP contribution < -0.4 is 5.43 Å². The fourth-order valence-corrected chi connectivity index (χ4v) is 3.25. The van der Waals surface area contributed by atoms with Crippen LogP contribution in [0.4, 0.5) is 0 Å². The summed E-state index contributed by atoms with van der Waals surface area (Å²) in [6.45, 7) is 0. The third kappa shape index (κ3) is 2.04. The van der Waals surface area contributed by atoms with E-state index in [2.05, 4.69) is 0 Å². The number of imidazole rings is 1. The van der Waals surface area contributed by atoms with Crippen LogP contribution in [0.3, 0.4) is 0 Å². The van der Waals surface area contributed by atoms with E-state index < -0.39 is 0 Å². The summed E-state index contributed by atoms with van der Waals surface area (Å²) in [7, 11) is 0. The Kier molecular flexibility index (Phi) is 2.91. The molecule has 0 bridgehead atoms. The molecule has 2 aromatic carbocycles. The summed E-state index contributed by atoms with van der Waals surface area (Å²) in [5.74, 6) is 0. The quantitative estimate of drug-likeness (QED) is 0.467. The van der Waals surface area contributed by atoms with Gasteiger partial charge in [0.15, 0.2) is 0 Å². The van der Waals surface area contributed by atoms with E-state index in [1.165, 1.54) is 0 Å². The third-order valence-electron chi connectivity index (χ3n) is 4.40. The van der Waals surface area contributed by atoms with Crippen molar-refractivity contribution in [1.82, 2.24) is 14.4 Å². The number of fused-ring (bicyclic) bond motifs is 5. The lowest BCUT2D eigenvalue weighted by molar-refractivity contribution is 1.22. The molecule has 25 heavy (non-hydrogen) atoms. The Morgan fingerprint density at radius 3 is 2.40 bits per heavy atom. The minimum Gasteiger partial charge on any atom is -0.296 e. The van der Waals surface area contributed by atoms with Crippen molar-refractivity contribution >= 4 is 27.6 Å². The highest BCUT2D eigenvalue weighted by Crippen LogP contribution is 2.24. The predicted octanol–water partition coefficient (Wildman–Crippen LogP) is 4.06. The van der Waals surface area contributed by atoms with Crippen LogP contribution in [0.1, 0.15) is 0 Å². The van der Waals surface area contributed by atoms with Gasteiger partial charge in [0.1, 0.15) is 22.4 Å². The van der Waals surface area contributed by atoms with Crippen molar-refractivity contribution in [2.24, 2.45) is 0 Å². The molecule has 118 valence electrons. The number of nitrogens with zero attached hydrogens (tertiary/aromatic N) is 3. The van der Waals surface area contributed by atoms with Gasteiger partial charge in [0.05, 0.1) is 5.52 Å². The van der Waals surface area contributed by atoms with Gasteiger partial charge in [-0.25, -0.2) is 9.97 Å². The average Bonchev–Trinajstić information content (AvgIpc) is 3.00. The smallest absolute Gasteiger partial charge is 0.230 e. The average molecular weight is 323 g/mol. The van der Waals surface area contributed by atoms with Gasteiger partial charge in [-0.15, -0.1) is 0 Å². The third-order valence-corrected chi connectivity index (χ3v) is 4.40. The molecular weight excluding hydrogens is 310 g/mol. The zero-order valence-corrected chi connectivity index (χ0v) is 13.3. The summed E-state index contributed by atoms with van der Waals surface area (Å²) in [6.07, 6.45) is 1.87. The molecular formula is C21H13N3O. The zero-order valence-electron chi connectivity index (χ0n) is 13.3. The largest absolute Gasteiger partial charge is 0.296 e. The highest BCUT2D eigenvalue weighted by Gasteiger charge is 2.15. The number of hydrogen-bond acceptors (Lipinski definition) is 3. The summed E-state index contributed by atoms with van der Waals surface area (Å²) in [5.41, 5.74) is 3.89. The van der Waals surface area contributed by atoms with Crippen LogP contribution in [-0.4, -0.2) is 14.4 Å². The summed E-state index contributed by atoms with van der Waals surface area (Å²) >= 11 is 0. The van der Waals surface area contributed by atoms with Crippen LogP contribution in [0.5, 0.6) is 0 Å². The van der Waals surface area contributed by atoms with E-state index in [0.29, 0.717) is 16.7 Å². The summed E-state index contributed by atoms with van der Waals surface area (Å²) in [4.78, 5) is 22.8. The maximum absolute atomic E-state index is 13.4. The molecule has 0 aliphatic carbocycles. The molecule has 5 aromatic rings. The molecule has 0 saturated heterocycles. The molecule has 0 atom stereocenters. The fraction of sp³-hybridized carbons (Fsp3) is 0. The van der Waals surface area contributed by atoms with Crippen LogP contribution in [-0.2, 0) is 0 Å². The van der Waals surface area contributed by atoms with E-state index in [-0.39, 0.29) is 5.43 Å². The van der Waals surface area contributed by atoms with Gasteiger partial charge in [-0.3, -0.25) is 9.20 Å². The van der Waals surface area contributed by atoms with E-state index >= 15 is 0 Å². The molecule has 0 amide bonds. The first-order valence-electron chi connectivity index (χ1n) is 8.08. The molecule has 0 N–H and O–H groups in total. The summed E-state index contributed by atoms with van der Waals surface area (Å²) in [5, 5.41) is 0.875. The molecule has 5 rings (SSSR count). The van der Waals surface area contributed by atoms with Crippen LogP contribution in [0.25, 0.3) is 38.8 Å². The summed E-state index contributed by atoms with van der Waals surface area (Å²) < 4.78 is 1.85. The first-order chi connectivity index (χ1) is 12.3. The second-order valence-electron chi connectivity index (χ2n) is 5.91. The molecule has 4 heteroatoms. The number of hydrogen-bond donors (Lipinski definition) is 0. The standard InChI is InChI=1S/C21H13N3O/c25-21-18(14-8-2-1-3-9-14)22-16-11-5-4-10-15(16)19-20(21)24-13-7-6-12-17(24)23-19/h1-13H. The highest BCUT2D eigenvalue weighted by molar-refractivity contribution is 6.03. The second kappa shape index (κ2) is 5.24. The monoisotopic (exact) mass is 323 g/mol. The molecule has 0 fully saturated rings. The minimum absolute atomic E-state index is 0.115. The van der Waals surface area contributed by atoms with E-state index in [1.54, 1.807) is 0 Å². The van der Waals surface area contributed by atoms with Crippen molar-refractivity contribution in [3.05, 3.63) is 89.2 Å². The maximum Gasteiger partial charge on any atom is 0.230 e. The lowest BCUT2D eigenvalue weighted by Gasteiger charge is -1.97. The fourth-order valence-electron chi connectivity index (χ4n) is 3.25. The molecule has 0 saturated carbocycles. The Morgan fingerprint density at radius 1 is 0.760 bits per heavy atom. The van der Waals surface area contributed by atoms with Gasteiger partial charge in [0, 0.05) is 17.1 Å². The van der Waals surface area contributed by atoms with E-state index in [9.17, 15) is 4.79 Å². The van der Waals surface area contributed by atoms with E-state index in [1.807, 2.05) is 83.4 Å². The maximum atomic E-state index is 13.4. The minimum atomic E-state index is -0.115. The molecule has 0 unspecified atom stereocenters. The van der Waals surface area contributed by atoms with Gasteiger partial charge < -0.3 is 0 Å². The zero-order chi connectivity index (χ0) is 16.8. The van der Waals surface area contributed by atoms with E-state index in [4.69, 9.17) is 9.97 Å². The Morgan fingerprint density at radius 2 is 1.52 bits per heavy atom. The molecule has 0 spiro atoms. The number of benzene rings is 2. The van der Waals surface area contributed by atoms with Crippen molar-refractivity contribution in [2.75, 3.05) is 0 Å². The van der Waals surface area contributed by atoms with Crippen molar-refractivity contribution in [2.45, 2.75) is 0 Å². The van der Waals surface area contributed by atoms with Gasteiger partial charge in [-0.1, -0.05) is 54.6 Å². The molecule has 0 aliphatic rings. The number of para-hydroxylation sites is 1. The molecule has 3 heterocycles. The molecule has 0 radical (unpaired) electrons. The molecule has 4 nitrogen and oxygen atoms in total. The Bertz CT molecular complexity index is 1310. The van der Waals surface area contributed by atoms with Gasteiger partial charge in [0.2, 0.25) is 5.43 Å². The van der Waals surface area contributed by atoms with Crippen LogP contribution in [0.2, 0.25) is 0 Å². The number of aromatic nitrogens is 3. The van der Waals surface area contributed by atoms with Crippen LogP contribution >= 0.6 is 0 Å². The van der Waals surface area contributed by atoms with Gasteiger partial charge in [-0.05, 0) is 18.2 Å². The van der Waals surface area contributed by atoms with Crippen LogP contribution in [0.15, 0.2) is 83.8 Å². The lowest BCUT2D eigenvalue weighted by Crippen LogP contribution is -2.06. The first kappa shape index (κ1) is 13.9. The van der Waals surface area contributed by atoms with Crippen molar-refractivity contribution in [3.63, 3.8) is 0 Å². The van der Waals surface area contributed by atoms with Crippen molar-refractivity contribution < 1.29 is 0 Å². The first-order valence-corrected chi connectivity index (χ1v) is 8.08. The van der Waals surface area contributed by atoms with Crippen molar-refractivity contribution in [1.29, 1.82) is 0 Å². The Balaban J connectivity index is 2.11. The van der Waals surface area contributed by atoms with Gasteiger partial charge in [0.25, 0.3) is 0 Å². The lowest BCUT2D eigenvalue weighted by atomic mass is 10.1. The molecule has 3 aromatic heterocycles. The van der Waals surface area contributed by atoms with Crippen molar-refractivity contribution in [3.8, 4) is 11.3 Å². The Hall–Kier alpha value is -3.53. The highest BCUT2D eigenvalue weighted by atomic mass is 16.1. The second-order valence-corrected chi connectivity index (χ2v) is 5.91. The Labute approximate surface area is 143 Å². The normalized spacial score (nSPS) is 11.4. The number of pyridine rings is 1. The molecule has 0 aliphatic heterocycles. The number of rotatable bonds is 1. The van der Waals surface area contributed by atoms with Gasteiger partial charge in [-0.2, -0.15) is 0 Å². The predicted molar refractivity (Wildman–Crippen MR) is 99.7 cm³/mol. The SMILES string of the molecule is O=c1c(-c2ccccc2)nc2ccccc2c2nc3ccccn3c12.